The number of hydrogen-bond donors (Lipinski definition) is 1. The van der Waals surface area contributed by atoms with Gasteiger partial charge in [0.1, 0.15) is 0 Å². The molecule has 3 heteroatoms. The number of aromatic nitrogens is 1. The molecule has 0 aromatic carbocycles. The number of pyridine rings is 1. The average molecular weight is 208 g/mol. The molecule has 15 heavy (non-hydrogen) atoms. The number of rotatable bonds is 5. The van der Waals surface area contributed by atoms with Crippen LogP contribution in [0.5, 0.6) is 5.88 Å². The zero-order valence-electron chi connectivity index (χ0n) is 9.73. The molecule has 2 unspecified atom stereocenters. The highest BCUT2D eigenvalue weighted by molar-refractivity contribution is 5.28. The number of nitrogens with two attached hydrogens (primary N) is 1. The second kappa shape index (κ2) is 5.71. The first-order valence-corrected chi connectivity index (χ1v) is 5.45. The molecule has 2 atom stereocenters. The van der Waals surface area contributed by atoms with Crippen LogP contribution in [-0.4, -0.2) is 12.1 Å². The van der Waals surface area contributed by atoms with Crippen molar-refractivity contribution >= 4 is 0 Å². The van der Waals surface area contributed by atoms with Crippen LogP contribution >= 0.6 is 0 Å². The SMILES string of the molecule is CCCC(C)C(N)c1cccnc1OC. The zero-order valence-corrected chi connectivity index (χ0v) is 9.73. The zero-order chi connectivity index (χ0) is 11.3. The van der Waals surface area contributed by atoms with Crippen molar-refractivity contribution < 1.29 is 4.74 Å². The van der Waals surface area contributed by atoms with Gasteiger partial charge in [0.25, 0.3) is 0 Å². The minimum absolute atomic E-state index is 0.00796. The standard InChI is InChI=1S/C12H20N2O/c1-4-6-9(2)11(13)10-7-5-8-14-12(10)15-3/h5,7-9,11H,4,6,13H2,1-3H3. The number of methoxy groups -OCH3 is 1. The summed E-state index contributed by atoms with van der Waals surface area (Å²) in [7, 11) is 1.63. The summed E-state index contributed by atoms with van der Waals surface area (Å²) in [4.78, 5) is 4.16. The second-order valence-corrected chi connectivity index (χ2v) is 3.89. The summed E-state index contributed by atoms with van der Waals surface area (Å²) < 4.78 is 5.20. The summed E-state index contributed by atoms with van der Waals surface area (Å²) >= 11 is 0. The van der Waals surface area contributed by atoms with E-state index in [2.05, 4.69) is 18.8 Å². The van der Waals surface area contributed by atoms with Gasteiger partial charge in [-0.15, -0.1) is 0 Å². The van der Waals surface area contributed by atoms with Gasteiger partial charge in [0, 0.05) is 17.8 Å². The Bertz CT molecular complexity index is 301. The van der Waals surface area contributed by atoms with Crippen LogP contribution in [0.2, 0.25) is 0 Å². The number of nitrogens with zero attached hydrogens (tertiary/aromatic N) is 1. The molecule has 0 aliphatic carbocycles. The van der Waals surface area contributed by atoms with Crippen molar-refractivity contribution in [3.05, 3.63) is 23.9 Å². The minimum atomic E-state index is 0.00796. The second-order valence-electron chi connectivity index (χ2n) is 3.89. The maximum atomic E-state index is 6.18. The Labute approximate surface area is 91.7 Å². The van der Waals surface area contributed by atoms with Gasteiger partial charge >= 0.3 is 0 Å². The highest BCUT2D eigenvalue weighted by Crippen LogP contribution is 2.28. The molecule has 0 saturated heterocycles. The summed E-state index contributed by atoms with van der Waals surface area (Å²) in [6, 6.07) is 3.90. The minimum Gasteiger partial charge on any atom is -0.481 e. The quantitative estimate of drug-likeness (QED) is 0.808. The van der Waals surface area contributed by atoms with Crippen LogP contribution < -0.4 is 10.5 Å². The summed E-state index contributed by atoms with van der Waals surface area (Å²) in [5.41, 5.74) is 7.18. The summed E-state index contributed by atoms with van der Waals surface area (Å²) in [6.45, 7) is 4.34. The van der Waals surface area contributed by atoms with E-state index in [0.29, 0.717) is 11.8 Å². The maximum Gasteiger partial charge on any atom is 0.217 e. The first-order chi connectivity index (χ1) is 7.20. The van der Waals surface area contributed by atoms with Crippen molar-refractivity contribution in [2.45, 2.75) is 32.7 Å². The predicted octanol–water partition coefficient (Wildman–Crippen LogP) is 2.53. The van der Waals surface area contributed by atoms with Crippen molar-refractivity contribution in [2.24, 2.45) is 11.7 Å². The molecule has 0 fully saturated rings. The Kier molecular flexibility index (Phi) is 4.56. The van der Waals surface area contributed by atoms with Gasteiger partial charge in [-0.2, -0.15) is 0 Å². The summed E-state index contributed by atoms with van der Waals surface area (Å²) in [6.07, 6.45) is 4.00. The van der Waals surface area contributed by atoms with Crippen LogP contribution in [0.3, 0.4) is 0 Å². The molecule has 0 radical (unpaired) electrons. The lowest BCUT2D eigenvalue weighted by Crippen LogP contribution is -2.20. The normalized spacial score (nSPS) is 14.7. The third kappa shape index (κ3) is 2.93. The van der Waals surface area contributed by atoms with Gasteiger partial charge in [-0.05, 0) is 18.4 Å². The number of ether oxygens (including phenoxy) is 1. The van der Waals surface area contributed by atoms with Crippen LogP contribution in [0.25, 0.3) is 0 Å². The molecule has 0 saturated carbocycles. The lowest BCUT2D eigenvalue weighted by Gasteiger charge is -2.20. The van der Waals surface area contributed by atoms with Crippen LogP contribution in [0.1, 0.15) is 38.3 Å². The Morgan fingerprint density at radius 2 is 2.27 bits per heavy atom. The van der Waals surface area contributed by atoms with Crippen LogP contribution in [0.4, 0.5) is 0 Å². The van der Waals surface area contributed by atoms with E-state index in [1.54, 1.807) is 13.3 Å². The summed E-state index contributed by atoms with van der Waals surface area (Å²) in [5, 5.41) is 0. The number of hydrogen-bond acceptors (Lipinski definition) is 3. The Morgan fingerprint density at radius 1 is 1.53 bits per heavy atom. The largest absolute Gasteiger partial charge is 0.481 e. The molecule has 0 amide bonds. The Morgan fingerprint density at radius 3 is 2.87 bits per heavy atom. The lowest BCUT2D eigenvalue weighted by molar-refractivity contribution is 0.369. The van der Waals surface area contributed by atoms with E-state index in [9.17, 15) is 0 Å². The van der Waals surface area contributed by atoms with E-state index in [1.807, 2.05) is 12.1 Å². The van der Waals surface area contributed by atoms with Gasteiger partial charge in [0.2, 0.25) is 5.88 Å². The average Bonchev–Trinajstić information content (AvgIpc) is 2.28. The highest BCUT2D eigenvalue weighted by Gasteiger charge is 2.18. The molecule has 0 aliphatic heterocycles. The first-order valence-electron chi connectivity index (χ1n) is 5.45. The van der Waals surface area contributed by atoms with Crippen LogP contribution in [-0.2, 0) is 0 Å². The smallest absolute Gasteiger partial charge is 0.217 e. The van der Waals surface area contributed by atoms with Gasteiger partial charge in [-0.25, -0.2) is 4.98 Å². The van der Waals surface area contributed by atoms with Crippen molar-refractivity contribution in [2.75, 3.05) is 7.11 Å². The molecule has 1 rings (SSSR count). The lowest BCUT2D eigenvalue weighted by atomic mass is 9.92. The van der Waals surface area contributed by atoms with Crippen molar-refractivity contribution in [3.63, 3.8) is 0 Å². The van der Waals surface area contributed by atoms with Gasteiger partial charge in [-0.3, -0.25) is 0 Å². The molecule has 2 N–H and O–H groups in total. The molecule has 1 aromatic heterocycles. The summed E-state index contributed by atoms with van der Waals surface area (Å²) in [5.74, 6) is 1.10. The van der Waals surface area contributed by atoms with Gasteiger partial charge in [-0.1, -0.05) is 26.3 Å². The third-order valence-electron chi connectivity index (χ3n) is 2.71. The van der Waals surface area contributed by atoms with E-state index in [-0.39, 0.29) is 6.04 Å². The van der Waals surface area contributed by atoms with Crippen molar-refractivity contribution in [1.29, 1.82) is 0 Å². The third-order valence-corrected chi connectivity index (χ3v) is 2.71. The topological polar surface area (TPSA) is 48.1 Å². The van der Waals surface area contributed by atoms with Crippen LogP contribution in [0.15, 0.2) is 18.3 Å². The fourth-order valence-electron chi connectivity index (χ4n) is 1.77. The molecule has 84 valence electrons. The Hall–Kier alpha value is -1.09. The van der Waals surface area contributed by atoms with E-state index >= 15 is 0 Å². The highest BCUT2D eigenvalue weighted by atomic mass is 16.5. The fourth-order valence-corrected chi connectivity index (χ4v) is 1.77. The predicted molar refractivity (Wildman–Crippen MR) is 61.8 cm³/mol. The molecule has 3 nitrogen and oxygen atoms in total. The molecule has 1 heterocycles. The molecule has 0 aliphatic rings. The van der Waals surface area contributed by atoms with E-state index < -0.39 is 0 Å². The molecular formula is C12H20N2O. The van der Waals surface area contributed by atoms with Crippen LogP contribution in [0, 0.1) is 5.92 Å². The van der Waals surface area contributed by atoms with Crippen molar-refractivity contribution in [3.8, 4) is 5.88 Å². The van der Waals surface area contributed by atoms with E-state index in [4.69, 9.17) is 10.5 Å². The molecule has 1 aromatic rings. The van der Waals surface area contributed by atoms with Crippen molar-refractivity contribution in [1.82, 2.24) is 4.98 Å². The molecule has 0 bridgehead atoms. The monoisotopic (exact) mass is 208 g/mol. The van der Waals surface area contributed by atoms with Gasteiger partial charge in [0.15, 0.2) is 0 Å². The maximum absolute atomic E-state index is 6.18. The molecular weight excluding hydrogens is 188 g/mol. The van der Waals surface area contributed by atoms with E-state index in [1.165, 1.54) is 0 Å². The van der Waals surface area contributed by atoms with Gasteiger partial charge in [0.05, 0.1) is 7.11 Å². The molecule has 0 spiro atoms. The fraction of sp³-hybridized carbons (Fsp3) is 0.583. The first kappa shape index (κ1) is 12.0. The van der Waals surface area contributed by atoms with Gasteiger partial charge < -0.3 is 10.5 Å². The van der Waals surface area contributed by atoms with E-state index in [0.717, 1.165) is 18.4 Å². The Balaban J connectivity index is 2.84.